The van der Waals surface area contributed by atoms with Crippen LogP contribution in [0.5, 0.6) is 0 Å². The van der Waals surface area contributed by atoms with E-state index in [1.54, 1.807) is 18.0 Å². The first-order chi connectivity index (χ1) is 19.4. The lowest BCUT2D eigenvalue weighted by Gasteiger charge is -2.32. The van der Waals surface area contributed by atoms with Crippen LogP contribution in [0, 0.1) is 28.5 Å². The Morgan fingerprint density at radius 3 is 2.55 bits per heavy atom. The van der Waals surface area contributed by atoms with Crippen molar-refractivity contribution in [2.24, 2.45) is 0 Å². The minimum Gasteiger partial charge on any atom is -0.871 e. The van der Waals surface area contributed by atoms with Crippen LogP contribution in [0.4, 0.5) is 15.8 Å². The van der Waals surface area contributed by atoms with E-state index in [9.17, 15) is 20.0 Å². The molecule has 1 aliphatic heterocycles. The number of unbranched alkanes of at least 4 members (excludes halogenated alkanes) is 1. The topological polar surface area (TPSA) is 120 Å². The molecule has 40 heavy (non-hydrogen) atoms. The molecule has 0 bridgehead atoms. The summed E-state index contributed by atoms with van der Waals surface area (Å²) in [5.41, 5.74) is 1.54. The average molecular weight is 541 g/mol. The fourth-order valence-electron chi connectivity index (χ4n) is 4.88. The number of nitrogens with zero attached hydrogens (tertiary/aromatic N) is 4. The number of anilines is 1. The summed E-state index contributed by atoms with van der Waals surface area (Å²) < 4.78 is 22.9. The van der Waals surface area contributed by atoms with Gasteiger partial charge in [0.15, 0.2) is 17.8 Å². The van der Waals surface area contributed by atoms with Crippen LogP contribution >= 0.6 is 0 Å². The van der Waals surface area contributed by atoms with E-state index in [-0.39, 0.29) is 60.5 Å². The van der Waals surface area contributed by atoms with Crippen molar-refractivity contribution in [3.8, 4) is 12.1 Å². The van der Waals surface area contributed by atoms with Crippen molar-refractivity contribution in [3.63, 3.8) is 0 Å². The smallest absolute Gasteiger partial charge is 0.305 e. The number of fused-ring (bicyclic) bond motifs is 1. The lowest BCUT2D eigenvalue weighted by atomic mass is 9.79. The van der Waals surface area contributed by atoms with Crippen molar-refractivity contribution in [1.82, 2.24) is 0 Å². The number of carbonyl (C=O) groups is 2. The molecule has 0 radical (unpaired) electrons. The Morgan fingerprint density at radius 1 is 1.10 bits per heavy atom. The van der Waals surface area contributed by atoms with Crippen molar-refractivity contribution < 1.29 is 28.4 Å². The zero-order chi connectivity index (χ0) is 28.8. The molecule has 0 saturated heterocycles. The molecule has 0 aromatic heterocycles. The van der Waals surface area contributed by atoms with Gasteiger partial charge in [0.05, 0.1) is 35.9 Å². The zero-order valence-electron chi connectivity index (χ0n) is 22.5. The molecule has 1 heterocycles. The third kappa shape index (κ3) is 5.23. The van der Waals surface area contributed by atoms with E-state index in [0.717, 1.165) is 30.6 Å². The first-order valence-corrected chi connectivity index (χ1v) is 13.3. The normalized spacial score (nSPS) is 15.6. The van der Waals surface area contributed by atoms with Crippen molar-refractivity contribution in [3.05, 3.63) is 70.2 Å². The van der Waals surface area contributed by atoms with E-state index < -0.39 is 23.3 Å². The van der Waals surface area contributed by atoms with Gasteiger partial charge < -0.3 is 14.7 Å². The number of rotatable bonds is 11. The summed E-state index contributed by atoms with van der Waals surface area (Å²) in [5.74, 6) is -2.51. The quantitative estimate of drug-likeness (QED) is 0.240. The van der Waals surface area contributed by atoms with Crippen molar-refractivity contribution in [2.45, 2.75) is 39.5 Å². The van der Waals surface area contributed by atoms with Gasteiger partial charge in [-0.2, -0.15) is 15.1 Å². The predicted octanol–water partition coefficient (Wildman–Crippen LogP) is 4.01. The van der Waals surface area contributed by atoms with Gasteiger partial charge in [0.25, 0.3) is 0 Å². The van der Waals surface area contributed by atoms with Crippen LogP contribution in [-0.2, 0) is 14.3 Å². The molecule has 2 aromatic rings. The summed E-state index contributed by atoms with van der Waals surface area (Å²) >= 11 is 0. The molecule has 0 amide bonds. The maximum Gasteiger partial charge on any atom is 0.305 e. The van der Waals surface area contributed by atoms with E-state index in [4.69, 9.17) is 10.00 Å². The van der Waals surface area contributed by atoms with E-state index in [1.165, 1.54) is 12.1 Å². The molecule has 4 rings (SSSR count). The third-order valence-electron chi connectivity index (χ3n) is 6.97. The summed E-state index contributed by atoms with van der Waals surface area (Å²) in [5, 5.41) is 32.2. The summed E-state index contributed by atoms with van der Waals surface area (Å²) in [6.07, 6.45) is 4.02. The molecule has 0 unspecified atom stereocenters. The first-order valence-electron chi connectivity index (χ1n) is 13.3. The lowest BCUT2D eigenvalue weighted by Crippen LogP contribution is -2.32. The third-order valence-corrected chi connectivity index (χ3v) is 6.97. The van der Waals surface area contributed by atoms with Crippen molar-refractivity contribution in [2.75, 3.05) is 31.1 Å². The second kappa shape index (κ2) is 12.4. The van der Waals surface area contributed by atoms with E-state index in [0.29, 0.717) is 5.57 Å². The SMILES string of the molecule is CCCC[N+]1=CC(=C2C(=O)C(c3ccc(N(CCC#N)CCOC(=O)CC)c(C#N)c3F)=C2[O-])c2ccccc21. The lowest BCUT2D eigenvalue weighted by molar-refractivity contribution is -0.432. The number of benzene rings is 2. The first kappa shape index (κ1) is 28.3. The van der Waals surface area contributed by atoms with E-state index in [1.807, 2.05) is 41.0 Å². The summed E-state index contributed by atoms with van der Waals surface area (Å²) in [4.78, 5) is 26.4. The number of Topliss-reactive ketones (excluding diaryl/α,β-unsaturated/α-hetero) is 1. The molecule has 204 valence electrons. The minimum atomic E-state index is -0.978. The largest absolute Gasteiger partial charge is 0.871 e. The van der Waals surface area contributed by atoms with Gasteiger partial charge in [-0.05, 0) is 18.2 Å². The van der Waals surface area contributed by atoms with Gasteiger partial charge in [-0.15, -0.1) is 0 Å². The van der Waals surface area contributed by atoms with Gasteiger partial charge in [0.1, 0.15) is 24.8 Å². The number of hydrogen-bond acceptors (Lipinski definition) is 7. The highest BCUT2D eigenvalue weighted by atomic mass is 19.1. The number of esters is 1. The Morgan fingerprint density at radius 2 is 1.88 bits per heavy atom. The van der Waals surface area contributed by atoms with Gasteiger partial charge in [0.2, 0.25) is 5.69 Å². The molecule has 0 saturated carbocycles. The highest BCUT2D eigenvalue weighted by molar-refractivity contribution is 6.44. The number of nitriles is 2. The predicted molar refractivity (Wildman–Crippen MR) is 146 cm³/mol. The zero-order valence-corrected chi connectivity index (χ0v) is 22.5. The van der Waals surface area contributed by atoms with Crippen LogP contribution in [0.25, 0.3) is 11.1 Å². The molecule has 2 aliphatic rings. The van der Waals surface area contributed by atoms with Crippen LogP contribution in [0.15, 0.2) is 47.7 Å². The highest BCUT2D eigenvalue weighted by Crippen LogP contribution is 2.43. The minimum absolute atomic E-state index is 0.00906. The van der Waals surface area contributed by atoms with Gasteiger partial charge in [-0.3, -0.25) is 9.59 Å². The fourth-order valence-corrected chi connectivity index (χ4v) is 4.88. The Labute approximate surface area is 232 Å². The molecular weight excluding hydrogens is 511 g/mol. The Balaban J connectivity index is 1.72. The molecule has 0 N–H and O–H groups in total. The van der Waals surface area contributed by atoms with Crippen LogP contribution in [-0.4, -0.2) is 48.8 Å². The molecule has 8 nitrogen and oxygen atoms in total. The molecule has 1 aliphatic carbocycles. The molecule has 2 aromatic carbocycles. The molecule has 9 heteroatoms. The highest BCUT2D eigenvalue weighted by Gasteiger charge is 2.38. The van der Waals surface area contributed by atoms with Gasteiger partial charge in [-0.1, -0.05) is 38.2 Å². The average Bonchev–Trinajstić information content (AvgIpc) is 3.32. The molecule has 0 fully saturated rings. The van der Waals surface area contributed by atoms with Crippen molar-refractivity contribution in [1.29, 1.82) is 10.5 Å². The van der Waals surface area contributed by atoms with Gasteiger partial charge in [-0.25, -0.2) is 4.39 Å². The number of para-hydroxylation sites is 1. The Kier molecular flexibility index (Phi) is 8.76. The van der Waals surface area contributed by atoms with E-state index >= 15 is 4.39 Å². The summed E-state index contributed by atoms with van der Waals surface area (Å²) in [7, 11) is 0. The second-order valence-electron chi connectivity index (χ2n) is 9.42. The number of hydrogen-bond donors (Lipinski definition) is 0. The second-order valence-corrected chi connectivity index (χ2v) is 9.42. The Bertz CT molecular complexity index is 1540. The number of carbonyl (C=O) groups excluding carboxylic acids is 2. The monoisotopic (exact) mass is 540 g/mol. The fraction of sp³-hybridized carbons (Fsp3) is 0.323. The number of allylic oxidation sites excluding steroid dienone is 3. The number of halogens is 1. The number of ketones is 1. The van der Waals surface area contributed by atoms with Gasteiger partial charge >= 0.3 is 5.97 Å². The number of ether oxygens (including phenoxy) is 1. The molecule has 0 spiro atoms. The molecule has 0 atom stereocenters. The maximum absolute atomic E-state index is 15.7. The van der Waals surface area contributed by atoms with Crippen LogP contribution in [0.1, 0.15) is 56.2 Å². The van der Waals surface area contributed by atoms with Crippen LogP contribution in [0.2, 0.25) is 0 Å². The summed E-state index contributed by atoms with van der Waals surface area (Å²) in [6, 6.07) is 14.2. The van der Waals surface area contributed by atoms with Crippen molar-refractivity contribution >= 4 is 40.5 Å². The summed E-state index contributed by atoms with van der Waals surface area (Å²) in [6.45, 7) is 4.78. The van der Waals surface area contributed by atoms with Gasteiger partial charge in [0, 0.05) is 42.2 Å². The Hall–Kier alpha value is -4.76. The standard InChI is InChI=1S/C31H29FN4O4/c1-3-5-14-36-19-23(20-9-6-7-10-24(20)36)28-30(38)27(31(28)39)21-11-12-25(22(18-34)29(21)32)35(15-8-13-33)16-17-40-26(37)4-2/h6-7,9-12,19H,3-5,8,14-17H2,1-2H3. The van der Waals surface area contributed by atoms with E-state index in [2.05, 4.69) is 6.92 Å². The van der Waals surface area contributed by atoms with Crippen LogP contribution in [0.3, 0.4) is 0 Å². The maximum atomic E-state index is 15.7. The van der Waals surface area contributed by atoms with Crippen LogP contribution < -0.4 is 10.0 Å². The molecular formula is C31H29FN4O4.